The topological polar surface area (TPSA) is 69.9 Å². The quantitative estimate of drug-likeness (QED) is 0.567. The first-order valence-electron chi connectivity index (χ1n) is 9.07. The lowest BCUT2D eigenvalue weighted by molar-refractivity contribution is -0.384. The molecule has 1 heterocycles. The van der Waals surface area contributed by atoms with Crippen LogP contribution in [0.4, 0.5) is 11.4 Å². The average molecular weight is 403 g/mol. The van der Waals surface area contributed by atoms with Crippen LogP contribution in [0.2, 0.25) is 5.02 Å². The molecule has 0 radical (unpaired) electrons. The fraction of sp³-hybridized carbons (Fsp3) is 0.350. The van der Waals surface area contributed by atoms with Crippen LogP contribution in [0, 0.1) is 10.1 Å². The second kappa shape index (κ2) is 8.58. The Morgan fingerprint density at radius 3 is 2.32 bits per heavy atom. The van der Waals surface area contributed by atoms with Crippen molar-refractivity contribution in [3.05, 3.63) is 69.2 Å². The summed E-state index contributed by atoms with van der Waals surface area (Å²) >= 11 is 5.92. The highest BCUT2D eigenvalue weighted by atomic mass is 35.5. The van der Waals surface area contributed by atoms with Crippen molar-refractivity contribution < 1.29 is 9.72 Å². The van der Waals surface area contributed by atoms with E-state index in [0.717, 1.165) is 5.56 Å². The van der Waals surface area contributed by atoms with Crippen LogP contribution in [0.1, 0.15) is 11.6 Å². The summed E-state index contributed by atoms with van der Waals surface area (Å²) in [5.41, 5.74) is 1.52. The molecule has 8 heteroatoms. The van der Waals surface area contributed by atoms with E-state index in [9.17, 15) is 14.9 Å². The van der Waals surface area contributed by atoms with E-state index in [2.05, 4.69) is 4.90 Å². The molecule has 0 bridgehead atoms. The number of nitrogens with zero attached hydrogens (tertiary/aromatic N) is 4. The zero-order chi connectivity index (χ0) is 20.3. The molecule has 2 aromatic carbocycles. The van der Waals surface area contributed by atoms with E-state index < -0.39 is 4.92 Å². The number of nitro groups is 1. The summed E-state index contributed by atoms with van der Waals surface area (Å²) in [6.07, 6.45) is 0. The number of likely N-dealkylation sites (N-methyl/N-ethyl adjacent to an activating group) is 1. The minimum Gasteiger partial charge on any atom is -0.363 e. The molecule has 1 aliphatic rings. The van der Waals surface area contributed by atoms with Gasteiger partial charge in [0.25, 0.3) is 5.69 Å². The Kier molecular flexibility index (Phi) is 6.16. The van der Waals surface area contributed by atoms with E-state index in [1.165, 1.54) is 6.07 Å². The molecule has 1 aliphatic heterocycles. The Morgan fingerprint density at radius 2 is 1.75 bits per heavy atom. The number of anilines is 1. The van der Waals surface area contributed by atoms with Crippen LogP contribution in [0.15, 0.2) is 48.5 Å². The summed E-state index contributed by atoms with van der Waals surface area (Å²) in [5.74, 6) is 0.0251. The Balaban J connectivity index is 1.80. The smallest absolute Gasteiger partial charge is 0.294 e. The van der Waals surface area contributed by atoms with Gasteiger partial charge >= 0.3 is 0 Å². The van der Waals surface area contributed by atoms with Crippen LogP contribution in [-0.4, -0.2) is 60.9 Å². The number of carbonyl (C=O) groups excluding carboxylic acids is 1. The van der Waals surface area contributed by atoms with E-state index in [1.807, 2.05) is 35.2 Å². The van der Waals surface area contributed by atoms with Gasteiger partial charge in [-0.2, -0.15) is 0 Å². The molecule has 148 valence electrons. The lowest BCUT2D eigenvalue weighted by Crippen LogP contribution is -2.51. The molecule has 0 N–H and O–H groups in total. The average Bonchev–Trinajstić information content (AvgIpc) is 2.69. The molecule has 1 amide bonds. The number of carbonyl (C=O) groups is 1. The van der Waals surface area contributed by atoms with Crippen LogP contribution in [0.3, 0.4) is 0 Å². The summed E-state index contributed by atoms with van der Waals surface area (Å²) in [5, 5.41) is 11.7. The number of halogens is 1. The van der Waals surface area contributed by atoms with Crippen molar-refractivity contribution in [2.24, 2.45) is 0 Å². The SMILES string of the molecule is CN(C)C(=O)[C@@H](c1ccccc1)N1CCN(c2ccc(Cl)cc2[N+](=O)[O-])CC1. The molecule has 3 rings (SSSR count). The largest absolute Gasteiger partial charge is 0.363 e. The van der Waals surface area contributed by atoms with E-state index >= 15 is 0 Å². The van der Waals surface area contributed by atoms with Crippen molar-refractivity contribution >= 4 is 28.9 Å². The van der Waals surface area contributed by atoms with Gasteiger partial charge < -0.3 is 9.80 Å². The fourth-order valence-electron chi connectivity index (χ4n) is 3.52. The van der Waals surface area contributed by atoms with E-state index in [4.69, 9.17) is 11.6 Å². The number of hydrogen-bond acceptors (Lipinski definition) is 5. The molecule has 28 heavy (non-hydrogen) atoms. The predicted octanol–water partition coefficient (Wildman–Crippen LogP) is 3.20. The van der Waals surface area contributed by atoms with Crippen molar-refractivity contribution in [3.63, 3.8) is 0 Å². The minimum atomic E-state index is -0.407. The molecular weight excluding hydrogens is 380 g/mol. The monoisotopic (exact) mass is 402 g/mol. The highest BCUT2D eigenvalue weighted by molar-refractivity contribution is 6.30. The zero-order valence-electron chi connectivity index (χ0n) is 15.9. The zero-order valence-corrected chi connectivity index (χ0v) is 16.7. The highest BCUT2D eigenvalue weighted by Gasteiger charge is 2.32. The van der Waals surface area contributed by atoms with E-state index in [1.54, 1.807) is 31.1 Å². The lowest BCUT2D eigenvalue weighted by atomic mass is 10.0. The van der Waals surface area contributed by atoms with Crippen LogP contribution < -0.4 is 4.90 Å². The maximum atomic E-state index is 12.8. The van der Waals surface area contributed by atoms with Crippen molar-refractivity contribution in [2.45, 2.75) is 6.04 Å². The molecule has 0 spiro atoms. The van der Waals surface area contributed by atoms with Gasteiger partial charge in [-0.15, -0.1) is 0 Å². The molecule has 2 aromatic rings. The molecule has 0 aromatic heterocycles. The Labute approximate surface area is 169 Å². The Morgan fingerprint density at radius 1 is 1.11 bits per heavy atom. The van der Waals surface area contributed by atoms with Crippen molar-refractivity contribution in [3.8, 4) is 0 Å². The van der Waals surface area contributed by atoms with Crippen molar-refractivity contribution in [1.29, 1.82) is 0 Å². The van der Waals surface area contributed by atoms with Gasteiger partial charge in [0.15, 0.2) is 0 Å². The number of hydrogen-bond donors (Lipinski definition) is 0. The first-order chi connectivity index (χ1) is 13.4. The van der Waals surface area contributed by atoms with Gasteiger partial charge in [0, 0.05) is 51.4 Å². The lowest BCUT2D eigenvalue weighted by Gasteiger charge is -2.40. The van der Waals surface area contributed by atoms with Gasteiger partial charge in [0.05, 0.1) is 4.92 Å². The summed E-state index contributed by atoms with van der Waals surface area (Å²) < 4.78 is 0. The molecule has 1 fully saturated rings. The first-order valence-corrected chi connectivity index (χ1v) is 9.45. The molecule has 0 aliphatic carbocycles. The molecular formula is C20H23ClN4O3. The second-order valence-electron chi connectivity index (χ2n) is 6.96. The van der Waals surface area contributed by atoms with E-state index in [0.29, 0.717) is 36.9 Å². The standard InChI is InChI=1S/C20H23ClN4O3/c1-22(2)20(26)19(15-6-4-3-5-7-15)24-12-10-23(11-13-24)17-9-8-16(21)14-18(17)25(27)28/h3-9,14,19H,10-13H2,1-2H3/t19-/m1/s1. The predicted molar refractivity (Wildman–Crippen MR) is 110 cm³/mol. The Hall–Kier alpha value is -2.64. The van der Waals surface area contributed by atoms with Crippen LogP contribution in [0.25, 0.3) is 0 Å². The Bertz CT molecular complexity index is 852. The molecule has 7 nitrogen and oxygen atoms in total. The normalized spacial score (nSPS) is 15.9. The molecule has 1 atom stereocenters. The number of amides is 1. The summed E-state index contributed by atoms with van der Waals surface area (Å²) in [7, 11) is 3.51. The van der Waals surface area contributed by atoms with Gasteiger partial charge in [-0.05, 0) is 17.7 Å². The maximum absolute atomic E-state index is 12.8. The number of rotatable bonds is 5. The van der Waals surface area contributed by atoms with Gasteiger partial charge in [-0.1, -0.05) is 41.9 Å². The maximum Gasteiger partial charge on any atom is 0.294 e. The third-order valence-corrected chi connectivity index (χ3v) is 5.18. The summed E-state index contributed by atoms with van der Waals surface area (Å²) in [4.78, 5) is 29.6. The van der Waals surface area contributed by atoms with Crippen LogP contribution >= 0.6 is 11.6 Å². The molecule has 0 unspecified atom stereocenters. The number of benzene rings is 2. The minimum absolute atomic E-state index is 0.00456. The van der Waals surface area contributed by atoms with Gasteiger partial charge in [-0.3, -0.25) is 19.8 Å². The van der Waals surface area contributed by atoms with Crippen molar-refractivity contribution in [2.75, 3.05) is 45.2 Å². The first kappa shape index (κ1) is 20.1. The summed E-state index contributed by atoms with van der Waals surface area (Å²) in [6.45, 7) is 2.43. The van der Waals surface area contributed by atoms with Gasteiger partial charge in [-0.25, -0.2) is 0 Å². The fourth-order valence-corrected chi connectivity index (χ4v) is 3.69. The second-order valence-corrected chi connectivity index (χ2v) is 7.40. The highest BCUT2D eigenvalue weighted by Crippen LogP contribution is 2.33. The van der Waals surface area contributed by atoms with Gasteiger partial charge in [0.2, 0.25) is 5.91 Å². The third kappa shape index (κ3) is 4.26. The van der Waals surface area contributed by atoms with E-state index in [-0.39, 0.29) is 17.6 Å². The van der Waals surface area contributed by atoms with Crippen molar-refractivity contribution in [1.82, 2.24) is 9.80 Å². The third-order valence-electron chi connectivity index (χ3n) is 4.94. The van der Waals surface area contributed by atoms with Gasteiger partial charge in [0.1, 0.15) is 11.7 Å². The molecule has 1 saturated heterocycles. The van der Waals surface area contributed by atoms with Crippen LogP contribution in [0.5, 0.6) is 0 Å². The van der Waals surface area contributed by atoms with Crippen LogP contribution in [-0.2, 0) is 4.79 Å². The number of nitro benzene ring substituents is 1. The summed E-state index contributed by atoms with van der Waals surface area (Å²) in [6, 6.07) is 14.1. The molecule has 0 saturated carbocycles. The number of piperazine rings is 1.